The standard InChI is InChI=1S/C13H14ClNO/c1-9(12-5-3-4-7-15-12)13(14)11-6-8-16-10(11)2/h3-9,13H,1-2H3. The fraction of sp³-hybridized carbons (Fsp3) is 0.308. The van der Waals surface area contributed by atoms with E-state index in [9.17, 15) is 0 Å². The second-order valence-corrected chi connectivity index (χ2v) is 4.35. The van der Waals surface area contributed by atoms with Crippen LogP contribution in [0, 0.1) is 6.92 Å². The smallest absolute Gasteiger partial charge is 0.105 e. The lowest BCUT2D eigenvalue weighted by molar-refractivity contribution is 0.526. The summed E-state index contributed by atoms with van der Waals surface area (Å²) in [7, 11) is 0. The van der Waals surface area contributed by atoms with Gasteiger partial charge < -0.3 is 4.42 Å². The van der Waals surface area contributed by atoms with Crippen LogP contribution < -0.4 is 0 Å². The summed E-state index contributed by atoms with van der Waals surface area (Å²) in [6.07, 6.45) is 3.46. The summed E-state index contributed by atoms with van der Waals surface area (Å²) in [6, 6.07) is 7.80. The summed E-state index contributed by atoms with van der Waals surface area (Å²) in [6.45, 7) is 4.00. The van der Waals surface area contributed by atoms with Gasteiger partial charge in [-0.3, -0.25) is 4.98 Å². The Bertz CT molecular complexity index is 452. The van der Waals surface area contributed by atoms with Crippen LogP contribution in [0.25, 0.3) is 0 Å². The zero-order valence-corrected chi connectivity index (χ0v) is 10.1. The number of aryl methyl sites for hydroxylation is 1. The van der Waals surface area contributed by atoms with Crippen LogP contribution in [0.15, 0.2) is 41.1 Å². The Morgan fingerprint density at radius 2 is 2.12 bits per heavy atom. The molecular formula is C13H14ClNO. The van der Waals surface area contributed by atoms with Crippen LogP contribution in [0.2, 0.25) is 0 Å². The van der Waals surface area contributed by atoms with Gasteiger partial charge in [0.2, 0.25) is 0 Å². The van der Waals surface area contributed by atoms with E-state index in [2.05, 4.69) is 11.9 Å². The Hall–Kier alpha value is -1.28. The number of nitrogens with zero attached hydrogens (tertiary/aromatic N) is 1. The molecule has 0 saturated heterocycles. The fourth-order valence-electron chi connectivity index (χ4n) is 1.75. The number of hydrogen-bond acceptors (Lipinski definition) is 2. The molecule has 2 unspecified atom stereocenters. The average Bonchev–Trinajstić information content (AvgIpc) is 2.75. The normalized spacial score (nSPS) is 14.7. The van der Waals surface area contributed by atoms with Crippen LogP contribution >= 0.6 is 11.6 Å². The van der Waals surface area contributed by atoms with Gasteiger partial charge in [0, 0.05) is 23.4 Å². The lowest BCUT2D eigenvalue weighted by Gasteiger charge is -2.16. The number of pyridine rings is 1. The van der Waals surface area contributed by atoms with E-state index in [0.717, 1.165) is 17.0 Å². The van der Waals surface area contributed by atoms with E-state index in [0.29, 0.717) is 0 Å². The van der Waals surface area contributed by atoms with Crippen LogP contribution in [0.4, 0.5) is 0 Å². The van der Waals surface area contributed by atoms with Gasteiger partial charge in [-0.2, -0.15) is 0 Å². The molecule has 0 N–H and O–H groups in total. The van der Waals surface area contributed by atoms with E-state index < -0.39 is 0 Å². The lowest BCUT2D eigenvalue weighted by atomic mass is 9.97. The molecule has 0 aromatic carbocycles. The Balaban J connectivity index is 2.23. The molecule has 2 heterocycles. The van der Waals surface area contributed by atoms with E-state index >= 15 is 0 Å². The summed E-state index contributed by atoms with van der Waals surface area (Å²) >= 11 is 6.44. The largest absolute Gasteiger partial charge is 0.469 e. The molecule has 0 aliphatic carbocycles. The minimum Gasteiger partial charge on any atom is -0.469 e. The third kappa shape index (κ3) is 2.12. The maximum absolute atomic E-state index is 6.44. The van der Waals surface area contributed by atoms with Gasteiger partial charge in [-0.25, -0.2) is 0 Å². The third-order valence-electron chi connectivity index (χ3n) is 2.79. The molecular weight excluding hydrogens is 222 g/mol. The maximum Gasteiger partial charge on any atom is 0.105 e. The lowest BCUT2D eigenvalue weighted by Crippen LogP contribution is -2.04. The van der Waals surface area contributed by atoms with Crippen LogP contribution in [0.1, 0.15) is 35.2 Å². The molecule has 16 heavy (non-hydrogen) atoms. The first-order valence-electron chi connectivity index (χ1n) is 5.29. The van der Waals surface area contributed by atoms with Gasteiger partial charge in [-0.1, -0.05) is 13.0 Å². The molecule has 84 valence electrons. The van der Waals surface area contributed by atoms with Gasteiger partial charge in [-0.15, -0.1) is 11.6 Å². The van der Waals surface area contributed by atoms with Crippen LogP contribution in [0.3, 0.4) is 0 Å². The summed E-state index contributed by atoms with van der Waals surface area (Å²) in [4.78, 5) is 4.32. The van der Waals surface area contributed by atoms with Gasteiger partial charge in [0.15, 0.2) is 0 Å². The summed E-state index contributed by atoms with van der Waals surface area (Å²) < 4.78 is 5.27. The molecule has 0 spiro atoms. The van der Waals surface area contributed by atoms with Crippen molar-refractivity contribution < 1.29 is 4.42 Å². The van der Waals surface area contributed by atoms with Crippen molar-refractivity contribution in [1.29, 1.82) is 0 Å². The molecule has 2 rings (SSSR count). The minimum atomic E-state index is -0.103. The molecule has 0 amide bonds. The molecule has 0 saturated carbocycles. The van der Waals surface area contributed by atoms with Gasteiger partial charge in [-0.05, 0) is 25.1 Å². The van der Waals surface area contributed by atoms with Crippen molar-refractivity contribution in [3.05, 3.63) is 53.7 Å². The summed E-state index contributed by atoms with van der Waals surface area (Å²) in [5.41, 5.74) is 2.04. The van der Waals surface area contributed by atoms with Crippen molar-refractivity contribution in [2.75, 3.05) is 0 Å². The zero-order chi connectivity index (χ0) is 11.5. The second-order valence-electron chi connectivity index (χ2n) is 3.88. The fourth-order valence-corrected chi connectivity index (χ4v) is 2.10. The van der Waals surface area contributed by atoms with Gasteiger partial charge >= 0.3 is 0 Å². The highest BCUT2D eigenvalue weighted by Gasteiger charge is 2.22. The molecule has 2 aromatic heterocycles. The van der Waals surface area contributed by atoms with E-state index in [4.69, 9.17) is 16.0 Å². The Kier molecular flexibility index (Phi) is 3.30. The van der Waals surface area contributed by atoms with Crippen LogP contribution in [0.5, 0.6) is 0 Å². The van der Waals surface area contributed by atoms with E-state index in [1.54, 1.807) is 12.5 Å². The van der Waals surface area contributed by atoms with Gasteiger partial charge in [0.25, 0.3) is 0 Å². The second kappa shape index (κ2) is 4.71. The van der Waals surface area contributed by atoms with Crippen LogP contribution in [-0.4, -0.2) is 4.98 Å². The predicted molar refractivity (Wildman–Crippen MR) is 64.7 cm³/mol. The average molecular weight is 236 g/mol. The number of aromatic nitrogens is 1. The molecule has 2 aromatic rings. The Morgan fingerprint density at radius 1 is 1.31 bits per heavy atom. The highest BCUT2D eigenvalue weighted by molar-refractivity contribution is 6.21. The number of furan rings is 1. The van der Waals surface area contributed by atoms with Gasteiger partial charge in [0.05, 0.1) is 11.6 Å². The van der Waals surface area contributed by atoms with Crippen molar-refractivity contribution in [2.45, 2.75) is 25.1 Å². The number of rotatable bonds is 3. The molecule has 0 bridgehead atoms. The number of hydrogen-bond donors (Lipinski definition) is 0. The maximum atomic E-state index is 6.44. The van der Waals surface area contributed by atoms with Crippen LogP contribution in [-0.2, 0) is 0 Å². The van der Waals surface area contributed by atoms with E-state index in [1.165, 1.54) is 0 Å². The minimum absolute atomic E-state index is 0.103. The summed E-state index contributed by atoms with van der Waals surface area (Å²) in [5, 5.41) is -0.103. The first-order valence-corrected chi connectivity index (χ1v) is 5.73. The van der Waals surface area contributed by atoms with E-state index in [-0.39, 0.29) is 11.3 Å². The molecule has 3 heteroatoms. The zero-order valence-electron chi connectivity index (χ0n) is 9.35. The molecule has 0 aliphatic heterocycles. The van der Waals surface area contributed by atoms with E-state index in [1.807, 2.05) is 31.2 Å². The van der Waals surface area contributed by atoms with Gasteiger partial charge in [0.1, 0.15) is 5.76 Å². The number of alkyl halides is 1. The summed E-state index contributed by atoms with van der Waals surface area (Å²) in [5.74, 6) is 1.04. The van der Waals surface area contributed by atoms with Crippen molar-refractivity contribution in [3.8, 4) is 0 Å². The first-order chi connectivity index (χ1) is 7.70. The predicted octanol–water partition coefficient (Wildman–Crippen LogP) is 4.07. The molecule has 0 fully saturated rings. The quantitative estimate of drug-likeness (QED) is 0.750. The molecule has 0 radical (unpaired) electrons. The SMILES string of the molecule is Cc1occc1C(Cl)C(C)c1ccccn1. The third-order valence-corrected chi connectivity index (χ3v) is 3.40. The van der Waals surface area contributed by atoms with Crippen molar-refractivity contribution in [1.82, 2.24) is 4.98 Å². The van der Waals surface area contributed by atoms with Crippen molar-refractivity contribution in [3.63, 3.8) is 0 Å². The molecule has 2 atom stereocenters. The highest BCUT2D eigenvalue weighted by Crippen LogP contribution is 2.36. The topological polar surface area (TPSA) is 26.0 Å². The molecule has 2 nitrogen and oxygen atoms in total. The monoisotopic (exact) mass is 235 g/mol. The van der Waals surface area contributed by atoms with Crippen molar-refractivity contribution >= 4 is 11.6 Å². The van der Waals surface area contributed by atoms with Crippen molar-refractivity contribution in [2.24, 2.45) is 0 Å². The Labute approximate surface area is 100 Å². The first kappa shape index (κ1) is 11.2. The number of halogens is 1. The highest BCUT2D eigenvalue weighted by atomic mass is 35.5. The molecule has 0 aliphatic rings. The Morgan fingerprint density at radius 3 is 2.69 bits per heavy atom.